The van der Waals surface area contributed by atoms with Crippen LogP contribution in [0.2, 0.25) is 0 Å². The minimum atomic E-state index is -3.91. The van der Waals surface area contributed by atoms with Gasteiger partial charge in [0.05, 0.1) is 0 Å². The Morgan fingerprint density at radius 2 is 1.69 bits per heavy atom. The first kappa shape index (κ1) is 21.6. The molecule has 2 fully saturated rings. The molecule has 0 saturated carbocycles. The van der Waals surface area contributed by atoms with Crippen molar-refractivity contribution >= 4 is 32.5 Å². The fourth-order valence-corrected chi connectivity index (χ4v) is 7.08. The molecule has 3 rings (SSSR count). The Morgan fingerprint density at radius 1 is 1.08 bits per heavy atom. The van der Waals surface area contributed by atoms with E-state index in [-0.39, 0.29) is 34.3 Å². The largest absolute Gasteiger partial charge is 0.314 e. The van der Waals surface area contributed by atoms with Crippen LogP contribution in [0.15, 0.2) is 34.1 Å². The van der Waals surface area contributed by atoms with Gasteiger partial charge in [-0.25, -0.2) is 21.6 Å². The summed E-state index contributed by atoms with van der Waals surface area (Å²) in [7, 11) is -7.71. The van der Waals surface area contributed by atoms with Gasteiger partial charge in [0, 0.05) is 25.2 Å². The van der Waals surface area contributed by atoms with E-state index < -0.39 is 20.0 Å². The highest BCUT2D eigenvalue weighted by Crippen LogP contribution is 2.27. The average molecular weight is 424 g/mol. The first-order valence-electron chi connectivity index (χ1n) is 8.65. The van der Waals surface area contributed by atoms with Gasteiger partial charge < -0.3 is 5.32 Å². The molecule has 2 atom stereocenters. The molecule has 1 aromatic carbocycles. The van der Waals surface area contributed by atoms with Gasteiger partial charge in [0.2, 0.25) is 20.0 Å². The second-order valence-corrected chi connectivity index (χ2v) is 10.3. The summed E-state index contributed by atoms with van der Waals surface area (Å²) in [6.07, 6.45) is 2.98. The molecule has 2 N–H and O–H groups in total. The summed E-state index contributed by atoms with van der Waals surface area (Å²) in [5.41, 5.74) is 0. The maximum atomic E-state index is 12.9. The lowest BCUT2D eigenvalue weighted by Gasteiger charge is -2.28. The predicted octanol–water partition coefficient (Wildman–Crippen LogP) is 1.31. The van der Waals surface area contributed by atoms with Crippen molar-refractivity contribution < 1.29 is 16.8 Å². The molecule has 1 aromatic rings. The molecule has 0 aliphatic carbocycles. The van der Waals surface area contributed by atoms with Gasteiger partial charge in [0.15, 0.2) is 0 Å². The van der Waals surface area contributed by atoms with Crippen LogP contribution >= 0.6 is 12.4 Å². The maximum Gasteiger partial charge on any atom is 0.244 e. The number of hydrogen-bond acceptors (Lipinski definition) is 5. The molecule has 10 heteroatoms. The van der Waals surface area contributed by atoms with Gasteiger partial charge in [-0.15, -0.1) is 12.4 Å². The van der Waals surface area contributed by atoms with Gasteiger partial charge in [-0.3, -0.25) is 0 Å². The van der Waals surface area contributed by atoms with Gasteiger partial charge in [-0.2, -0.15) is 4.31 Å². The van der Waals surface area contributed by atoms with E-state index in [1.54, 1.807) is 12.1 Å². The fourth-order valence-electron chi connectivity index (χ4n) is 3.47. The normalized spacial score (nSPS) is 25.0. The first-order chi connectivity index (χ1) is 11.8. The monoisotopic (exact) mass is 423 g/mol. The second kappa shape index (κ2) is 8.53. The molecule has 2 heterocycles. The number of hydrogen-bond donors (Lipinski definition) is 2. The highest BCUT2D eigenvalue weighted by molar-refractivity contribution is 7.92. The van der Waals surface area contributed by atoms with E-state index in [1.807, 2.05) is 6.92 Å². The van der Waals surface area contributed by atoms with E-state index in [0.717, 1.165) is 19.4 Å². The van der Waals surface area contributed by atoms with Gasteiger partial charge in [0.1, 0.15) is 9.79 Å². The van der Waals surface area contributed by atoms with Crippen LogP contribution in [0, 0.1) is 0 Å². The molecule has 0 aromatic heterocycles. The Kier molecular flexibility index (Phi) is 7.09. The Labute approximate surface area is 162 Å². The van der Waals surface area contributed by atoms with E-state index >= 15 is 0 Å². The van der Waals surface area contributed by atoms with Crippen LogP contribution in [0.4, 0.5) is 0 Å². The molecular formula is C16H26ClN3O4S2. The lowest BCUT2D eigenvalue weighted by atomic mass is 10.0. The van der Waals surface area contributed by atoms with Crippen molar-refractivity contribution in [2.24, 2.45) is 0 Å². The maximum absolute atomic E-state index is 12.9. The standard InChI is InChI=1S/C16H25N3O4S2.ClH/c1-13-12-14(8-9-17-13)18-24(20,21)15-6-2-3-7-16(15)25(22,23)19-10-4-5-11-19;/h2-3,6-7,13-14,17-18H,4-5,8-12H2,1H3;1H. The van der Waals surface area contributed by atoms with Crippen LogP contribution in [0.1, 0.15) is 32.6 Å². The van der Waals surface area contributed by atoms with Crippen LogP contribution in [0.5, 0.6) is 0 Å². The molecule has 0 amide bonds. The zero-order chi connectivity index (χ0) is 18.1. The zero-order valence-corrected chi connectivity index (χ0v) is 17.2. The van der Waals surface area contributed by atoms with Crippen LogP contribution in [0.3, 0.4) is 0 Å². The van der Waals surface area contributed by atoms with Crippen molar-refractivity contribution in [1.82, 2.24) is 14.3 Å². The van der Waals surface area contributed by atoms with Crippen molar-refractivity contribution in [3.8, 4) is 0 Å². The minimum Gasteiger partial charge on any atom is -0.314 e. The smallest absolute Gasteiger partial charge is 0.244 e. The third-order valence-electron chi connectivity index (χ3n) is 4.77. The Balaban J connectivity index is 0.00000243. The summed E-state index contributed by atoms with van der Waals surface area (Å²) >= 11 is 0. The van der Waals surface area contributed by atoms with E-state index in [0.29, 0.717) is 25.9 Å². The molecule has 0 radical (unpaired) electrons. The van der Waals surface area contributed by atoms with Crippen molar-refractivity contribution in [1.29, 1.82) is 0 Å². The molecule has 26 heavy (non-hydrogen) atoms. The number of piperidine rings is 1. The molecule has 148 valence electrons. The molecule has 2 aliphatic heterocycles. The molecule has 2 saturated heterocycles. The van der Waals surface area contributed by atoms with Crippen LogP contribution in [-0.4, -0.2) is 52.9 Å². The summed E-state index contributed by atoms with van der Waals surface area (Å²) < 4.78 is 55.6. The van der Waals surface area contributed by atoms with Gasteiger partial charge in [-0.1, -0.05) is 12.1 Å². The van der Waals surface area contributed by atoms with Gasteiger partial charge >= 0.3 is 0 Å². The molecule has 0 bridgehead atoms. The number of nitrogens with one attached hydrogen (secondary N) is 2. The van der Waals surface area contributed by atoms with E-state index in [9.17, 15) is 16.8 Å². The quantitative estimate of drug-likeness (QED) is 0.744. The minimum absolute atomic E-state index is 0. The highest BCUT2D eigenvalue weighted by Gasteiger charge is 2.33. The lowest BCUT2D eigenvalue weighted by molar-refractivity contribution is 0.361. The molecular weight excluding hydrogens is 398 g/mol. The van der Waals surface area contributed by atoms with Gasteiger partial charge in [-0.05, 0) is 51.3 Å². The summed E-state index contributed by atoms with van der Waals surface area (Å²) in [6, 6.07) is 5.91. The summed E-state index contributed by atoms with van der Waals surface area (Å²) in [4.78, 5) is -0.292. The van der Waals surface area contributed by atoms with Crippen molar-refractivity contribution in [3.05, 3.63) is 24.3 Å². The highest BCUT2D eigenvalue weighted by atomic mass is 35.5. The molecule has 0 spiro atoms. The first-order valence-corrected chi connectivity index (χ1v) is 11.6. The Morgan fingerprint density at radius 3 is 2.31 bits per heavy atom. The zero-order valence-electron chi connectivity index (χ0n) is 14.7. The number of nitrogens with zero attached hydrogens (tertiary/aromatic N) is 1. The number of benzene rings is 1. The van der Waals surface area contributed by atoms with E-state index in [2.05, 4.69) is 10.0 Å². The van der Waals surface area contributed by atoms with Crippen LogP contribution in [0.25, 0.3) is 0 Å². The van der Waals surface area contributed by atoms with E-state index in [1.165, 1.54) is 16.4 Å². The SMILES string of the molecule is CC1CC(NS(=O)(=O)c2ccccc2S(=O)(=O)N2CCCC2)CCN1.Cl. The summed E-state index contributed by atoms with van der Waals surface area (Å²) in [5.74, 6) is 0. The number of halogens is 1. The van der Waals surface area contributed by atoms with Crippen LogP contribution in [-0.2, 0) is 20.0 Å². The van der Waals surface area contributed by atoms with Crippen molar-refractivity contribution in [2.75, 3.05) is 19.6 Å². The van der Waals surface area contributed by atoms with Crippen LogP contribution < -0.4 is 10.0 Å². The number of rotatable bonds is 5. The topological polar surface area (TPSA) is 95.6 Å². The Hall–Kier alpha value is -0.710. The Bertz CT molecular complexity index is 824. The molecule has 7 nitrogen and oxygen atoms in total. The third kappa shape index (κ3) is 4.58. The van der Waals surface area contributed by atoms with E-state index in [4.69, 9.17) is 0 Å². The number of sulfonamides is 2. The fraction of sp³-hybridized carbons (Fsp3) is 0.625. The average Bonchev–Trinajstić information content (AvgIpc) is 3.10. The summed E-state index contributed by atoms with van der Waals surface area (Å²) in [6.45, 7) is 3.63. The predicted molar refractivity (Wildman–Crippen MR) is 102 cm³/mol. The lowest BCUT2D eigenvalue weighted by Crippen LogP contribution is -2.46. The molecule has 2 unspecified atom stereocenters. The summed E-state index contributed by atoms with van der Waals surface area (Å²) in [5, 5.41) is 3.27. The van der Waals surface area contributed by atoms with Crippen molar-refractivity contribution in [3.63, 3.8) is 0 Å². The third-order valence-corrected chi connectivity index (χ3v) is 8.43. The molecule has 2 aliphatic rings. The van der Waals surface area contributed by atoms with Gasteiger partial charge in [0.25, 0.3) is 0 Å². The van der Waals surface area contributed by atoms with Crippen molar-refractivity contribution in [2.45, 2.75) is 54.5 Å². The second-order valence-electron chi connectivity index (χ2n) is 6.76.